The number of piperidine rings is 1. The molecule has 1 amide bonds. The highest BCUT2D eigenvalue weighted by Gasteiger charge is 2.43. The van der Waals surface area contributed by atoms with Gasteiger partial charge in [-0.05, 0) is 43.4 Å². The van der Waals surface area contributed by atoms with Gasteiger partial charge < -0.3 is 14.7 Å². The first-order valence-corrected chi connectivity index (χ1v) is 10.3. The number of amides is 1. The SMILES string of the molecule is CCC1(C(=N)N)CCCCN1C(=O)OCc1ccc(OS(C)(=O)=O)cc1. The van der Waals surface area contributed by atoms with Crippen molar-refractivity contribution in [3.8, 4) is 5.75 Å². The summed E-state index contributed by atoms with van der Waals surface area (Å²) in [7, 11) is -3.58. The van der Waals surface area contributed by atoms with Gasteiger partial charge in [0.2, 0.25) is 0 Å². The quantitative estimate of drug-likeness (QED) is 0.441. The number of ether oxygens (including phenoxy) is 1. The van der Waals surface area contributed by atoms with Crippen molar-refractivity contribution in [3.63, 3.8) is 0 Å². The van der Waals surface area contributed by atoms with Gasteiger partial charge in [0.1, 0.15) is 23.7 Å². The lowest BCUT2D eigenvalue weighted by atomic mass is 9.83. The van der Waals surface area contributed by atoms with Crippen molar-refractivity contribution in [3.05, 3.63) is 29.8 Å². The maximum absolute atomic E-state index is 12.6. The molecule has 3 N–H and O–H groups in total. The van der Waals surface area contributed by atoms with E-state index >= 15 is 0 Å². The summed E-state index contributed by atoms with van der Waals surface area (Å²) in [6, 6.07) is 6.25. The molecule has 0 aliphatic carbocycles. The van der Waals surface area contributed by atoms with Gasteiger partial charge in [-0.25, -0.2) is 4.79 Å². The first-order valence-electron chi connectivity index (χ1n) is 8.45. The summed E-state index contributed by atoms with van der Waals surface area (Å²) in [6.07, 6.45) is 3.45. The lowest BCUT2D eigenvalue weighted by Crippen LogP contribution is -2.61. The second-order valence-corrected chi connectivity index (χ2v) is 7.97. The zero-order chi connectivity index (χ0) is 19.4. The summed E-state index contributed by atoms with van der Waals surface area (Å²) < 4.78 is 32.3. The minimum atomic E-state index is -3.58. The molecule has 1 aliphatic rings. The number of hydrogen-bond acceptors (Lipinski definition) is 6. The molecule has 0 bridgehead atoms. The van der Waals surface area contributed by atoms with E-state index in [2.05, 4.69) is 0 Å². The van der Waals surface area contributed by atoms with Crippen LogP contribution < -0.4 is 9.92 Å². The lowest BCUT2D eigenvalue weighted by Gasteiger charge is -2.45. The number of nitrogens with one attached hydrogen (secondary N) is 1. The Morgan fingerprint density at radius 1 is 1.31 bits per heavy atom. The standard InChI is InChI=1S/C17H25N3O5S/c1-3-17(15(18)19)10-4-5-11-20(17)16(21)24-12-13-6-8-14(9-7-13)25-26(2,22)23/h6-9H,3-5,10-12H2,1-2H3,(H3,18,19). The molecule has 9 heteroatoms. The molecule has 1 aromatic carbocycles. The highest BCUT2D eigenvalue weighted by molar-refractivity contribution is 7.86. The summed E-state index contributed by atoms with van der Waals surface area (Å²) >= 11 is 0. The second-order valence-electron chi connectivity index (χ2n) is 6.39. The molecule has 0 radical (unpaired) electrons. The van der Waals surface area contributed by atoms with Crippen LogP contribution >= 0.6 is 0 Å². The zero-order valence-electron chi connectivity index (χ0n) is 15.0. The van der Waals surface area contributed by atoms with Gasteiger partial charge in [0.25, 0.3) is 0 Å². The van der Waals surface area contributed by atoms with E-state index in [1.54, 1.807) is 17.0 Å². The van der Waals surface area contributed by atoms with Crippen LogP contribution in [0.2, 0.25) is 0 Å². The molecule has 26 heavy (non-hydrogen) atoms. The number of carbonyl (C=O) groups is 1. The summed E-state index contributed by atoms with van der Waals surface area (Å²) in [4.78, 5) is 14.1. The predicted molar refractivity (Wildman–Crippen MR) is 97.6 cm³/mol. The van der Waals surface area contributed by atoms with Crippen LogP contribution in [0.1, 0.15) is 38.2 Å². The Morgan fingerprint density at radius 2 is 1.96 bits per heavy atom. The largest absolute Gasteiger partial charge is 0.445 e. The Labute approximate surface area is 153 Å². The number of amidine groups is 1. The van der Waals surface area contributed by atoms with Crippen LogP contribution in [0.4, 0.5) is 4.79 Å². The molecule has 1 aliphatic heterocycles. The van der Waals surface area contributed by atoms with E-state index in [9.17, 15) is 13.2 Å². The van der Waals surface area contributed by atoms with Crippen molar-refractivity contribution in [2.75, 3.05) is 12.8 Å². The first kappa shape index (κ1) is 20.0. The number of likely N-dealkylation sites (tertiary alicyclic amines) is 1. The van der Waals surface area contributed by atoms with E-state index in [1.807, 2.05) is 6.92 Å². The van der Waals surface area contributed by atoms with Gasteiger partial charge in [-0.1, -0.05) is 19.1 Å². The molecule has 8 nitrogen and oxygen atoms in total. The van der Waals surface area contributed by atoms with E-state index in [-0.39, 0.29) is 18.2 Å². The average molecular weight is 383 g/mol. The second kappa shape index (κ2) is 7.94. The van der Waals surface area contributed by atoms with Gasteiger partial charge in [0.05, 0.1) is 6.26 Å². The molecule has 1 atom stereocenters. The van der Waals surface area contributed by atoms with Crippen molar-refractivity contribution in [2.45, 2.75) is 44.8 Å². The van der Waals surface area contributed by atoms with Gasteiger partial charge in [-0.3, -0.25) is 10.3 Å². The molecule has 1 saturated heterocycles. The number of nitrogens with two attached hydrogens (primary N) is 1. The number of carbonyl (C=O) groups excluding carboxylic acids is 1. The first-order chi connectivity index (χ1) is 12.2. The van der Waals surface area contributed by atoms with Gasteiger partial charge in [0.15, 0.2) is 0 Å². The topological polar surface area (TPSA) is 123 Å². The summed E-state index contributed by atoms with van der Waals surface area (Å²) in [6.45, 7) is 2.45. The minimum absolute atomic E-state index is 0.0149. The molecular weight excluding hydrogens is 358 g/mol. The molecule has 1 aromatic rings. The van der Waals surface area contributed by atoms with E-state index in [0.717, 1.165) is 19.1 Å². The van der Waals surface area contributed by atoms with Crippen LogP contribution in [-0.4, -0.2) is 43.6 Å². The van der Waals surface area contributed by atoms with Gasteiger partial charge in [-0.2, -0.15) is 8.42 Å². The van der Waals surface area contributed by atoms with Crippen molar-refractivity contribution in [1.82, 2.24) is 4.90 Å². The highest BCUT2D eigenvalue weighted by atomic mass is 32.2. The highest BCUT2D eigenvalue weighted by Crippen LogP contribution is 2.32. The normalized spacial score (nSPS) is 20.5. The maximum Gasteiger partial charge on any atom is 0.410 e. The van der Waals surface area contributed by atoms with Crippen LogP contribution in [0, 0.1) is 5.41 Å². The van der Waals surface area contributed by atoms with Gasteiger partial charge >= 0.3 is 16.2 Å². The van der Waals surface area contributed by atoms with Crippen LogP contribution in [0.15, 0.2) is 24.3 Å². The third kappa shape index (κ3) is 4.66. The fourth-order valence-corrected chi connectivity index (χ4v) is 3.64. The summed E-state index contributed by atoms with van der Waals surface area (Å²) in [5, 5.41) is 7.92. The van der Waals surface area contributed by atoms with E-state index < -0.39 is 21.8 Å². The van der Waals surface area contributed by atoms with Crippen LogP contribution in [0.25, 0.3) is 0 Å². The fraction of sp³-hybridized carbons (Fsp3) is 0.529. The van der Waals surface area contributed by atoms with Gasteiger partial charge in [0, 0.05) is 6.54 Å². The number of rotatable bonds is 6. The molecule has 0 saturated carbocycles. The molecule has 2 rings (SSSR count). The third-order valence-corrected chi connectivity index (χ3v) is 5.07. The number of benzene rings is 1. The van der Waals surface area contributed by atoms with E-state index in [4.69, 9.17) is 20.1 Å². The van der Waals surface area contributed by atoms with Crippen LogP contribution in [-0.2, 0) is 21.5 Å². The summed E-state index contributed by atoms with van der Waals surface area (Å²) in [5.74, 6) is 0.180. The van der Waals surface area contributed by atoms with Crippen molar-refractivity contribution in [1.29, 1.82) is 5.41 Å². The molecular formula is C17H25N3O5S. The molecule has 0 spiro atoms. The summed E-state index contributed by atoms with van der Waals surface area (Å²) in [5.41, 5.74) is 5.71. The van der Waals surface area contributed by atoms with Crippen molar-refractivity contribution >= 4 is 22.0 Å². The van der Waals surface area contributed by atoms with E-state index in [1.165, 1.54) is 12.1 Å². The zero-order valence-corrected chi connectivity index (χ0v) is 15.8. The van der Waals surface area contributed by atoms with Crippen molar-refractivity contribution in [2.24, 2.45) is 5.73 Å². The Bertz CT molecular complexity index is 763. The van der Waals surface area contributed by atoms with Crippen molar-refractivity contribution < 1.29 is 22.1 Å². The molecule has 1 heterocycles. The fourth-order valence-electron chi connectivity index (χ4n) is 3.18. The Hall–Kier alpha value is -2.29. The Morgan fingerprint density at radius 3 is 2.50 bits per heavy atom. The van der Waals surface area contributed by atoms with Gasteiger partial charge in [-0.15, -0.1) is 0 Å². The molecule has 144 valence electrons. The Balaban J connectivity index is 2.02. The molecule has 0 aromatic heterocycles. The predicted octanol–water partition coefficient (Wildman–Crippen LogP) is 2.23. The van der Waals surface area contributed by atoms with Crippen LogP contribution in [0.3, 0.4) is 0 Å². The smallest absolute Gasteiger partial charge is 0.410 e. The monoisotopic (exact) mass is 383 g/mol. The maximum atomic E-state index is 12.6. The van der Waals surface area contributed by atoms with E-state index in [0.29, 0.717) is 24.9 Å². The third-order valence-electron chi connectivity index (χ3n) is 4.58. The lowest BCUT2D eigenvalue weighted by molar-refractivity contribution is 0.0485. The minimum Gasteiger partial charge on any atom is -0.445 e. The molecule has 1 unspecified atom stereocenters. The number of nitrogens with zero attached hydrogens (tertiary/aromatic N) is 1. The number of hydrogen-bond donors (Lipinski definition) is 2. The Kier molecular flexibility index (Phi) is 6.12. The molecule has 1 fully saturated rings. The van der Waals surface area contributed by atoms with Crippen LogP contribution in [0.5, 0.6) is 5.75 Å². The average Bonchev–Trinajstić information content (AvgIpc) is 2.59.